The minimum absolute atomic E-state index is 0.863. The van der Waals surface area contributed by atoms with Crippen molar-refractivity contribution < 1.29 is 0 Å². The van der Waals surface area contributed by atoms with E-state index in [0.717, 1.165) is 53.3 Å². The summed E-state index contributed by atoms with van der Waals surface area (Å²) in [5.41, 5.74) is 0. The second kappa shape index (κ2) is 8.85. The Labute approximate surface area is 175 Å². The summed E-state index contributed by atoms with van der Waals surface area (Å²) in [7, 11) is 0. The maximum Gasteiger partial charge on any atom is -0.0236 e. The molecule has 0 aromatic rings. The first kappa shape index (κ1) is 19.7. The van der Waals surface area contributed by atoms with Crippen LogP contribution in [0.3, 0.4) is 0 Å². The van der Waals surface area contributed by atoms with E-state index in [-0.39, 0.29) is 0 Å². The van der Waals surface area contributed by atoms with Crippen LogP contribution in [-0.4, -0.2) is 0 Å². The number of hydrogen-bond donors (Lipinski definition) is 0. The molecular formula is C28H46. The molecule has 4 saturated carbocycles. The Hall–Kier alpha value is -0.260. The molecule has 9 atom stereocenters. The van der Waals surface area contributed by atoms with E-state index >= 15 is 0 Å². The fourth-order valence-electron chi connectivity index (χ4n) is 9.36. The lowest BCUT2D eigenvalue weighted by molar-refractivity contribution is -0.0662. The highest BCUT2D eigenvalue weighted by Crippen LogP contribution is 2.62. The molecule has 0 radical (unpaired) electrons. The third-order valence-corrected chi connectivity index (χ3v) is 10.5. The highest BCUT2D eigenvalue weighted by Gasteiger charge is 2.54. The summed E-state index contributed by atoms with van der Waals surface area (Å²) in [5, 5.41) is 0. The van der Waals surface area contributed by atoms with Gasteiger partial charge in [-0.2, -0.15) is 0 Å². The van der Waals surface area contributed by atoms with Crippen LogP contribution in [0.2, 0.25) is 0 Å². The van der Waals surface area contributed by atoms with E-state index < -0.39 is 0 Å². The minimum Gasteiger partial charge on any atom is -0.0883 e. The second-order valence-corrected chi connectivity index (χ2v) is 11.7. The summed E-state index contributed by atoms with van der Waals surface area (Å²) >= 11 is 0. The third kappa shape index (κ3) is 3.76. The van der Waals surface area contributed by atoms with Crippen molar-refractivity contribution in [2.75, 3.05) is 0 Å². The lowest BCUT2D eigenvalue weighted by atomic mass is 9.49. The van der Waals surface area contributed by atoms with Crippen molar-refractivity contribution in [2.24, 2.45) is 53.3 Å². The van der Waals surface area contributed by atoms with Crippen molar-refractivity contribution in [3.05, 3.63) is 12.2 Å². The van der Waals surface area contributed by atoms with E-state index in [9.17, 15) is 0 Å². The molecule has 0 saturated heterocycles. The maximum atomic E-state index is 2.61. The molecule has 0 spiro atoms. The van der Waals surface area contributed by atoms with Gasteiger partial charge >= 0.3 is 0 Å². The molecule has 5 rings (SSSR count). The van der Waals surface area contributed by atoms with Crippen molar-refractivity contribution in [2.45, 2.75) is 110 Å². The Balaban J connectivity index is 1.46. The first-order chi connectivity index (χ1) is 13.8. The lowest BCUT2D eigenvalue weighted by Gasteiger charge is -2.56. The van der Waals surface area contributed by atoms with Crippen LogP contribution in [0.15, 0.2) is 12.2 Å². The Morgan fingerprint density at radius 3 is 2.29 bits per heavy atom. The molecule has 0 heterocycles. The second-order valence-electron chi connectivity index (χ2n) is 11.7. The monoisotopic (exact) mass is 382 g/mol. The van der Waals surface area contributed by atoms with Crippen LogP contribution in [0.25, 0.3) is 0 Å². The number of hydrogen-bond acceptors (Lipinski definition) is 0. The van der Waals surface area contributed by atoms with Gasteiger partial charge in [0, 0.05) is 0 Å². The van der Waals surface area contributed by atoms with Crippen LogP contribution in [0.5, 0.6) is 0 Å². The molecule has 5 bridgehead atoms. The molecule has 0 aromatic heterocycles. The van der Waals surface area contributed by atoms with Gasteiger partial charge in [0.1, 0.15) is 0 Å². The number of allylic oxidation sites excluding steroid dienone is 2. The molecule has 5 aliphatic rings. The zero-order chi connectivity index (χ0) is 18.9. The molecule has 28 heavy (non-hydrogen) atoms. The van der Waals surface area contributed by atoms with E-state index in [1.165, 1.54) is 25.7 Å². The molecule has 0 amide bonds. The lowest BCUT2D eigenvalue weighted by Crippen LogP contribution is -2.48. The zero-order valence-corrected chi connectivity index (χ0v) is 18.7. The van der Waals surface area contributed by atoms with E-state index in [2.05, 4.69) is 19.1 Å². The first-order valence-corrected chi connectivity index (χ1v) is 13.5. The van der Waals surface area contributed by atoms with Gasteiger partial charge in [-0.15, -0.1) is 0 Å². The molecule has 4 fully saturated rings. The van der Waals surface area contributed by atoms with Crippen LogP contribution in [0.1, 0.15) is 110 Å². The van der Waals surface area contributed by atoms with Gasteiger partial charge in [0.15, 0.2) is 0 Å². The van der Waals surface area contributed by atoms with Crippen molar-refractivity contribution >= 4 is 0 Å². The van der Waals surface area contributed by atoms with E-state index in [1.807, 2.05) is 0 Å². The normalized spacial score (nSPS) is 50.4. The molecule has 0 N–H and O–H groups in total. The minimum atomic E-state index is 0.863. The topological polar surface area (TPSA) is 0 Å². The van der Waals surface area contributed by atoms with Gasteiger partial charge in [-0.1, -0.05) is 44.8 Å². The molecule has 0 heteroatoms. The zero-order valence-electron chi connectivity index (χ0n) is 18.7. The summed E-state index contributed by atoms with van der Waals surface area (Å²) in [5.74, 6) is 9.79. The van der Waals surface area contributed by atoms with Gasteiger partial charge in [-0.3, -0.25) is 0 Å². The summed E-state index contributed by atoms with van der Waals surface area (Å²) < 4.78 is 0. The molecular weight excluding hydrogens is 336 g/mol. The van der Waals surface area contributed by atoms with Crippen LogP contribution in [-0.2, 0) is 0 Å². The largest absolute Gasteiger partial charge is 0.0883 e. The van der Waals surface area contributed by atoms with E-state index in [0.29, 0.717) is 0 Å². The summed E-state index contributed by atoms with van der Waals surface area (Å²) in [6, 6.07) is 0. The Bertz CT molecular complexity index is 532. The molecule has 0 aliphatic heterocycles. The molecule has 5 aliphatic carbocycles. The van der Waals surface area contributed by atoms with Crippen LogP contribution < -0.4 is 0 Å². The molecule has 8 unspecified atom stereocenters. The van der Waals surface area contributed by atoms with Crippen molar-refractivity contribution in [1.82, 2.24) is 0 Å². The highest BCUT2D eigenvalue weighted by molar-refractivity contribution is 5.04. The highest BCUT2D eigenvalue weighted by atomic mass is 14.6. The average Bonchev–Trinajstić information content (AvgIpc) is 3.12. The Kier molecular flexibility index (Phi) is 6.22. The van der Waals surface area contributed by atoms with Crippen LogP contribution in [0, 0.1) is 53.3 Å². The summed E-state index contributed by atoms with van der Waals surface area (Å²) in [6.07, 6.45) is 29.8. The molecule has 0 nitrogen and oxygen atoms in total. The summed E-state index contributed by atoms with van der Waals surface area (Å²) in [4.78, 5) is 0. The van der Waals surface area contributed by atoms with Gasteiger partial charge < -0.3 is 0 Å². The fraction of sp³-hybridized carbons (Fsp3) is 0.929. The molecule has 158 valence electrons. The van der Waals surface area contributed by atoms with Crippen molar-refractivity contribution in [3.8, 4) is 0 Å². The predicted molar refractivity (Wildman–Crippen MR) is 120 cm³/mol. The Morgan fingerprint density at radius 1 is 0.607 bits per heavy atom. The smallest absolute Gasteiger partial charge is 0.0236 e. The quantitative estimate of drug-likeness (QED) is 0.399. The third-order valence-electron chi connectivity index (χ3n) is 10.5. The van der Waals surface area contributed by atoms with E-state index in [4.69, 9.17) is 0 Å². The SMILES string of the molecule is CC[C@H]1/C=C/CCCC2CC3CCC4CCCCCC5C(CCC(C43)C25)CC1. The van der Waals surface area contributed by atoms with Gasteiger partial charge in [-0.25, -0.2) is 0 Å². The van der Waals surface area contributed by atoms with Gasteiger partial charge in [0.25, 0.3) is 0 Å². The van der Waals surface area contributed by atoms with Gasteiger partial charge in [0.2, 0.25) is 0 Å². The standard InChI is InChI=1S/C28H46/c1-2-20-9-5-3-7-11-23-19-24-16-15-22-10-6-4-8-12-25-21(14-13-20)17-18-26(27(22)24)28(23)25/h5,9,20-28H,2-4,6-8,10-19H2,1H3/b9-5+/t20-,21?,22?,23?,24?,25?,26?,27?,28?/m0/s1. The van der Waals surface area contributed by atoms with Gasteiger partial charge in [0.05, 0.1) is 0 Å². The van der Waals surface area contributed by atoms with Crippen molar-refractivity contribution in [1.29, 1.82) is 0 Å². The summed E-state index contributed by atoms with van der Waals surface area (Å²) in [6.45, 7) is 2.42. The molecule has 0 aromatic carbocycles. The predicted octanol–water partition coefficient (Wildman–Crippen LogP) is 8.42. The van der Waals surface area contributed by atoms with Crippen molar-refractivity contribution in [3.63, 3.8) is 0 Å². The fourth-order valence-corrected chi connectivity index (χ4v) is 9.36. The number of rotatable bonds is 1. The van der Waals surface area contributed by atoms with Gasteiger partial charge in [-0.05, 0) is 130 Å². The average molecular weight is 383 g/mol. The first-order valence-electron chi connectivity index (χ1n) is 13.5. The van der Waals surface area contributed by atoms with E-state index in [1.54, 1.807) is 77.0 Å². The van der Waals surface area contributed by atoms with Crippen LogP contribution in [0.4, 0.5) is 0 Å². The maximum absolute atomic E-state index is 2.61. The van der Waals surface area contributed by atoms with Crippen LogP contribution >= 0.6 is 0 Å². The Morgan fingerprint density at radius 2 is 1.36 bits per heavy atom.